The number of hydrogen-bond acceptors (Lipinski definition) is 2. The Balaban J connectivity index is 1.99. The van der Waals surface area contributed by atoms with Crippen molar-refractivity contribution in [2.75, 3.05) is 0 Å². The van der Waals surface area contributed by atoms with Crippen LogP contribution in [0.25, 0.3) is 21.8 Å². The topological polar surface area (TPSA) is 12.9 Å². The van der Waals surface area contributed by atoms with Gasteiger partial charge in [-0.2, -0.15) is 0 Å². The summed E-state index contributed by atoms with van der Waals surface area (Å²) in [6, 6.07) is 14.8. The summed E-state index contributed by atoms with van der Waals surface area (Å²) in [5, 5.41) is 3.18. The average molecular weight is 344 g/mol. The fraction of sp³-hybridized carbons (Fsp3) is 0.118. The fourth-order valence-corrected chi connectivity index (χ4v) is 3.29. The van der Waals surface area contributed by atoms with Crippen molar-refractivity contribution < 1.29 is 0 Å². The van der Waals surface area contributed by atoms with Crippen LogP contribution in [-0.2, 0) is 0 Å². The molecule has 3 aromatic rings. The first-order valence-corrected chi connectivity index (χ1v) is 8.10. The van der Waals surface area contributed by atoms with Crippen LogP contribution >= 0.6 is 27.3 Å². The van der Waals surface area contributed by atoms with Crippen LogP contribution in [0.2, 0.25) is 0 Å². The van der Waals surface area contributed by atoms with Gasteiger partial charge in [0.2, 0.25) is 0 Å². The van der Waals surface area contributed by atoms with Gasteiger partial charge in [0.15, 0.2) is 0 Å². The van der Waals surface area contributed by atoms with Crippen molar-refractivity contribution in [2.24, 2.45) is 0 Å². The second-order valence-electron chi connectivity index (χ2n) is 4.85. The summed E-state index contributed by atoms with van der Waals surface area (Å²) in [4.78, 5) is 4.76. The largest absolute Gasteiger partial charge is 0.236 e. The summed E-state index contributed by atoms with van der Waals surface area (Å²) in [5.41, 5.74) is 6.01. The number of nitrogens with zero attached hydrogens (tertiary/aromatic N) is 1. The molecule has 1 heterocycles. The molecule has 0 aliphatic heterocycles. The highest BCUT2D eigenvalue weighted by atomic mass is 79.9. The molecule has 0 saturated heterocycles. The van der Waals surface area contributed by atoms with Gasteiger partial charge in [-0.15, -0.1) is 11.3 Å². The van der Waals surface area contributed by atoms with E-state index in [1.807, 2.05) is 12.1 Å². The molecular weight excluding hydrogens is 330 g/mol. The predicted molar refractivity (Wildman–Crippen MR) is 90.2 cm³/mol. The molecule has 3 rings (SSSR count). The first-order chi connectivity index (χ1) is 9.63. The lowest BCUT2D eigenvalue weighted by molar-refractivity contribution is 1.32. The van der Waals surface area contributed by atoms with E-state index >= 15 is 0 Å². The summed E-state index contributed by atoms with van der Waals surface area (Å²) in [7, 11) is 0. The summed E-state index contributed by atoms with van der Waals surface area (Å²) in [6.45, 7) is 4.27. The molecule has 0 aliphatic rings. The Morgan fingerprint density at radius 1 is 0.950 bits per heavy atom. The number of thiazole rings is 1. The summed E-state index contributed by atoms with van der Waals surface area (Å²) in [5.74, 6) is 0. The van der Waals surface area contributed by atoms with Crippen LogP contribution in [0.1, 0.15) is 11.1 Å². The van der Waals surface area contributed by atoms with E-state index in [-0.39, 0.29) is 0 Å². The third-order valence-electron chi connectivity index (χ3n) is 3.38. The van der Waals surface area contributed by atoms with Gasteiger partial charge in [0.25, 0.3) is 0 Å². The van der Waals surface area contributed by atoms with Crippen LogP contribution in [0.4, 0.5) is 0 Å². The minimum absolute atomic E-state index is 1.05. The average Bonchev–Trinajstić information content (AvgIpc) is 2.92. The standard InChI is InChI=1S/C17H14BrNS/c1-11-6-7-13(8-12(11)2)16-10-20-17(19-16)14-4-3-5-15(18)9-14/h3-10H,1-2H3. The molecule has 0 aliphatic carbocycles. The molecule has 0 radical (unpaired) electrons. The molecule has 0 atom stereocenters. The van der Waals surface area contributed by atoms with Crippen LogP contribution in [0.5, 0.6) is 0 Å². The Morgan fingerprint density at radius 2 is 1.80 bits per heavy atom. The summed E-state index contributed by atoms with van der Waals surface area (Å²) >= 11 is 5.19. The van der Waals surface area contributed by atoms with Gasteiger partial charge in [0.1, 0.15) is 5.01 Å². The summed E-state index contributed by atoms with van der Waals surface area (Å²) < 4.78 is 1.08. The zero-order chi connectivity index (χ0) is 14.1. The van der Waals surface area contributed by atoms with Gasteiger partial charge < -0.3 is 0 Å². The fourth-order valence-electron chi connectivity index (χ4n) is 2.06. The zero-order valence-corrected chi connectivity index (χ0v) is 13.8. The van der Waals surface area contributed by atoms with E-state index in [2.05, 4.69) is 65.5 Å². The van der Waals surface area contributed by atoms with Gasteiger partial charge in [-0.1, -0.05) is 40.2 Å². The Labute approximate surface area is 131 Å². The highest BCUT2D eigenvalue weighted by Gasteiger charge is 2.07. The molecule has 0 N–H and O–H groups in total. The third kappa shape index (κ3) is 2.69. The third-order valence-corrected chi connectivity index (χ3v) is 4.76. The van der Waals surface area contributed by atoms with Crippen molar-refractivity contribution in [1.29, 1.82) is 0 Å². The molecule has 0 unspecified atom stereocenters. The van der Waals surface area contributed by atoms with E-state index < -0.39 is 0 Å². The van der Waals surface area contributed by atoms with Crippen molar-refractivity contribution in [3.8, 4) is 21.8 Å². The second kappa shape index (κ2) is 5.51. The highest BCUT2D eigenvalue weighted by molar-refractivity contribution is 9.10. The minimum Gasteiger partial charge on any atom is -0.236 e. The minimum atomic E-state index is 1.05. The van der Waals surface area contributed by atoms with Gasteiger partial charge in [-0.3, -0.25) is 0 Å². The van der Waals surface area contributed by atoms with Gasteiger partial charge in [0, 0.05) is 21.0 Å². The van der Waals surface area contributed by atoms with Crippen molar-refractivity contribution in [1.82, 2.24) is 4.98 Å². The van der Waals surface area contributed by atoms with Crippen molar-refractivity contribution in [3.63, 3.8) is 0 Å². The summed E-state index contributed by atoms with van der Waals surface area (Å²) in [6.07, 6.45) is 0. The van der Waals surface area contributed by atoms with Crippen molar-refractivity contribution in [2.45, 2.75) is 13.8 Å². The molecule has 1 aromatic heterocycles. The van der Waals surface area contributed by atoms with Gasteiger partial charge in [-0.25, -0.2) is 4.98 Å². The SMILES string of the molecule is Cc1ccc(-c2csc(-c3cccc(Br)c3)n2)cc1C. The maximum Gasteiger partial charge on any atom is 0.124 e. The lowest BCUT2D eigenvalue weighted by Crippen LogP contribution is -1.84. The molecule has 100 valence electrons. The number of aromatic nitrogens is 1. The number of hydrogen-bond donors (Lipinski definition) is 0. The normalized spacial score (nSPS) is 10.8. The van der Waals surface area contributed by atoms with Crippen LogP contribution in [0.15, 0.2) is 52.3 Å². The monoisotopic (exact) mass is 343 g/mol. The highest BCUT2D eigenvalue weighted by Crippen LogP contribution is 2.30. The molecule has 0 spiro atoms. The lowest BCUT2D eigenvalue weighted by Gasteiger charge is -2.02. The maximum absolute atomic E-state index is 4.76. The van der Waals surface area contributed by atoms with Crippen LogP contribution in [0, 0.1) is 13.8 Å². The van der Waals surface area contributed by atoms with Crippen LogP contribution in [-0.4, -0.2) is 4.98 Å². The second-order valence-corrected chi connectivity index (χ2v) is 6.62. The van der Waals surface area contributed by atoms with Crippen LogP contribution < -0.4 is 0 Å². The number of benzene rings is 2. The molecule has 0 fully saturated rings. The Kier molecular flexibility index (Phi) is 3.72. The molecule has 1 nitrogen and oxygen atoms in total. The quantitative estimate of drug-likeness (QED) is 0.568. The smallest absolute Gasteiger partial charge is 0.124 e. The Morgan fingerprint density at radius 3 is 2.55 bits per heavy atom. The van der Waals surface area contributed by atoms with Crippen LogP contribution in [0.3, 0.4) is 0 Å². The van der Waals surface area contributed by atoms with E-state index in [0.29, 0.717) is 0 Å². The first kappa shape index (κ1) is 13.5. The first-order valence-electron chi connectivity index (χ1n) is 6.42. The molecular formula is C17H14BrNS. The molecule has 0 amide bonds. The van der Waals surface area contributed by atoms with E-state index in [9.17, 15) is 0 Å². The molecule has 2 aromatic carbocycles. The van der Waals surface area contributed by atoms with Crippen molar-refractivity contribution in [3.05, 3.63) is 63.4 Å². The number of halogens is 1. The predicted octanol–water partition coefficient (Wildman–Crippen LogP) is 5.86. The number of aryl methyl sites for hydroxylation is 2. The van der Waals surface area contributed by atoms with Gasteiger partial charge in [0.05, 0.1) is 5.69 Å². The lowest BCUT2D eigenvalue weighted by atomic mass is 10.1. The van der Waals surface area contributed by atoms with Gasteiger partial charge >= 0.3 is 0 Å². The maximum atomic E-state index is 4.76. The van der Waals surface area contributed by atoms with E-state index in [0.717, 1.165) is 20.7 Å². The zero-order valence-electron chi connectivity index (χ0n) is 11.4. The number of rotatable bonds is 2. The Hall–Kier alpha value is -1.45. The molecule has 0 bridgehead atoms. The van der Waals surface area contributed by atoms with E-state index in [4.69, 9.17) is 4.98 Å². The molecule has 0 saturated carbocycles. The van der Waals surface area contributed by atoms with Gasteiger partial charge in [-0.05, 0) is 43.2 Å². The molecule has 3 heteroatoms. The van der Waals surface area contributed by atoms with E-state index in [1.54, 1.807) is 11.3 Å². The van der Waals surface area contributed by atoms with Crippen molar-refractivity contribution >= 4 is 27.3 Å². The van der Waals surface area contributed by atoms with E-state index in [1.165, 1.54) is 16.7 Å². The molecule has 20 heavy (non-hydrogen) atoms. The Bertz CT molecular complexity index is 761.